The Kier molecular flexibility index (Phi) is 7.56. The molecule has 0 bridgehead atoms. The Bertz CT molecular complexity index is 407. The Morgan fingerprint density at radius 3 is 2.45 bits per heavy atom. The predicted octanol–water partition coefficient (Wildman–Crippen LogP) is 3.51. The average Bonchev–Trinajstić information content (AvgIpc) is 2.38. The van der Waals surface area contributed by atoms with Gasteiger partial charge in [-0.05, 0) is 74.2 Å². The van der Waals surface area contributed by atoms with E-state index >= 15 is 0 Å². The molecule has 0 saturated carbocycles. The maximum Gasteiger partial charge on any atom is 0.0508 e. The Balaban J connectivity index is 2.67. The summed E-state index contributed by atoms with van der Waals surface area (Å²) >= 11 is 3.71. The summed E-state index contributed by atoms with van der Waals surface area (Å²) in [7, 11) is 6.39. The lowest BCUT2D eigenvalue weighted by Crippen LogP contribution is -2.24. The number of benzene rings is 1. The van der Waals surface area contributed by atoms with Crippen molar-refractivity contribution < 1.29 is 0 Å². The molecular formula is C16H28BrN3. The van der Waals surface area contributed by atoms with Crippen molar-refractivity contribution in [3.05, 3.63) is 28.2 Å². The maximum atomic E-state index is 3.71. The van der Waals surface area contributed by atoms with Crippen LogP contribution in [-0.2, 0) is 0 Å². The van der Waals surface area contributed by atoms with E-state index in [1.54, 1.807) is 0 Å². The van der Waals surface area contributed by atoms with Gasteiger partial charge in [-0.3, -0.25) is 0 Å². The van der Waals surface area contributed by atoms with Gasteiger partial charge in [0.15, 0.2) is 0 Å². The zero-order chi connectivity index (χ0) is 15.1. The molecule has 0 saturated heterocycles. The second-order valence-corrected chi connectivity index (χ2v) is 6.42. The average molecular weight is 342 g/mol. The molecule has 1 rings (SSSR count). The van der Waals surface area contributed by atoms with Crippen LogP contribution < -0.4 is 10.2 Å². The fourth-order valence-corrected chi connectivity index (χ4v) is 2.97. The summed E-state index contributed by atoms with van der Waals surface area (Å²) in [5.41, 5.74) is 2.58. The lowest BCUT2D eigenvalue weighted by Gasteiger charge is -2.23. The van der Waals surface area contributed by atoms with Gasteiger partial charge in [-0.25, -0.2) is 0 Å². The standard InChI is InChI=1S/C16H28BrN3/c1-6-18-13(2)14-8-9-16(15(17)12-14)20(5)11-7-10-19(3)4/h8-9,12-13,18H,6-7,10-11H2,1-5H3. The summed E-state index contributed by atoms with van der Waals surface area (Å²) in [5, 5.41) is 3.44. The van der Waals surface area contributed by atoms with E-state index in [0.29, 0.717) is 6.04 Å². The highest BCUT2D eigenvalue weighted by atomic mass is 79.9. The predicted molar refractivity (Wildman–Crippen MR) is 92.7 cm³/mol. The molecule has 114 valence electrons. The number of rotatable bonds is 8. The topological polar surface area (TPSA) is 18.5 Å². The van der Waals surface area contributed by atoms with Crippen molar-refractivity contribution in [2.24, 2.45) is 0 Å². The minimum Gasteiger partial charge on any atom is -0.374 e. The molecule has 1 aromatic rings. The normalized spacial score (nSPS) is 12.8. The molecule has 1 atom stereocenters. The number of nitrogens with zero attached hydrogens (tertiary/aromatic N) is 2. The zero-order valence-corrected chi connectivity index (χ0v) is 15.0. The Morgan fingerprint density at radius 1 is 1.20 bits per heavy atom. The van der Waals surface area contributed by atoms with Gasteiger partial charge in [0.05, 0.1) is 5.69 Å². The number of halogens is 1. The first kappa shape index (κ1) is 17.5. The van der Waals surface area contributed by atoms with Crippen LogP contribution in [0.1, 0.15) is 31.9 Å². The van der Waals surface area contributed by atoms with Crippen LogP contribution in [0.3, 0.4) is 0 Å². The van der Waals surface area contributed by atoms with Crippen LogP contribution in [0.5, 0.6) is 0 Å². The Morgan fingerprint density at radius 2 is 1.90 bits per heavy atom. The van der Waals surface area contributed by atoms with Crippen molar-refractivity contribution in [3.63, 3.8) is 0 Å². The van der Waals surface area contributed by atoms with E-state index in [1.807, 2.05) is 0 Å². The van der Waals surface area contributed by atoms with E-state index in [-0.39, 0.29) is 0 Å². The summed E-state index contributed by atoms with van der Waals surface area (Å²) < 4.78 is 1.17. The van der Waals surface area contributed by atoms with Crippen molar-refractivity contribution in [1.82, 2.24) is 10.2 Å². The van der Waals surface area contributed by atoms with E-state index in [9.17, 15) is 0 Å². The molecule has 0 amide bonds. The summed E-state index contributed by atoms with van der Waals surface area (Å²) in [5.74, 6) is 0. The van der Waals surface area contributed by atoms with Crippen LogP contribution in [-0.4, -0.2) is 45.7 Å². The third-order valence-electron chi connectivity index (χ3n) is 3.49. The molecule has 4 heteroatoms. The SMILES string of the molecule is CCNC(C)c1ccc(N(C)CCCN(C)C)c(Br)c1. The van der Waals surface area contributed by atoms with Gasteiger partial charge < -0.3 is 15.1 Å². The van der Waals surface area contributed by atoms with E-state index in [1.165, 1.54) is 22.1 Å². The van der Waals surface area contributed by atoms with Gasteiger partial charge in [0.1, 0.15) is 0 Å². The Labute approximate surface area is 132 Å². The minimum absolute atomic E-state index is 0.393. The molecule has 1 unspecified atom stereocenters. The number of hydrogen-bond acceptors (Lipinski definition) is 3. The zero-order valence-electron chi connectivity index (χ0n) is 13.4. The van der Waals surface area contributed by atoms with E-state index in [0.717, 1.165) is 19.6 Å². The second kappa shape index (κ2) is 8.65. The highest BCUT2D eigenvalue weighted by Gasteiger charge is 2.09. The van der Waals surface area contributed by atoms with E-state index in [2.05, 4.69) is 84.2 Å². The highest BCUT2D eigenvalue weighted by molar-refractivity contribution is 9.10. The van der Waals surface area contributed by atoms with Crippen molar-refractivity contribution in [3.8, 4) is 0 Å². The summed E-state index contributed by atoms with van der Waals surface area (Å²) in [6.07, 6.45) is 1.17. The van der Waals surface area contributed by atoms with Crippen molar-refractivity contribution >= 4 is 21.6 Å². The monoisotopic (exact) mass is 341 g/mol. The van der Waals surface area contributed by atoms with Crippen LogP contribution in [0.25, 0.3) is 0 Å². The van der Waals surface area contributed by atoms with Crippen LogP contribution >= 0.6 is 15.9 Å². The van der Waals surface area contributed by atoms with Gasteiger partial charge in [-0.15, -0.1) is 0 Å². The first-order chi connectivity index (χ1) is 9.45. The molecule has 0 aliphatic heterocycles. The summed E-state index contributed by atoms with van der Waals surface area (Å²) in [6.45, 7) is 7.52. The molecule has 3 nitrogen and oxygen atoms in total. The molecule has 0 radical (unpaired) electrons. The maximum absolute atomic E-state index is 3.71. The molecule has 0 heterocycles. The first-order valence-electron chi connectivity index (χ1n) is 7.34. The third-order valence-corrected chi connectivity index (χ3v) is 4.13. The molecule has 20 heavy (non-hydrogen) atoms. The lowest BCUT2D eigenvalue weighted by molar-refractivity contribution is 0.401. The van der Waals surface area contributed by atoms with Gasteiger partial charge in [0.25, 0.3) is 0 Å². The van der Waals surface area contributed by atoms with Crippen molar-refractivity contribution in [1.29, 1.82) is 0 Å². The smallest absolute Gasteiger partial charge is 0.0508 e. The first-order valence-corrected chi connectivity index (χ1v) is 8.13. The minimum atomic E-state index is 0.393. The fraction of sp³-hybridized carbons (Fsp3) is 0.625. The molecule has 0 aromatic heterocycles. The van der Waals surface area contributed by atoms with Crippen molar-refractivity contribution in [2.45, 2.75) is 26.3 Å². The van der Waals surface area contributed by atoms with Gasteiger partial charge in [0, 0.05) is 24.1 Å². The number of hydrogen-bond donors (Lipinski definition) is 1. The van der Waals surface area contributed by atoms with Crippen LogP contribution in [0.2, 0.25) is 0 Å². The van der Waals surface area contributed by atoms with Gasteiger partial charge in [0.2, 0.25) is 0 Å². The van der Waals surface area contributed by atoms with Crippen molar-refractivity contribution in [2.75, 3.05) is 45.7 Å². The molecular weight excluding hydrogens is 314 g/mol. The quantitative estimate of drug-likeness (QED) is 0.780. The third kappa shape index (κ3) is 5.43. The summed E-state index contributed by atoms with van der Waals surface area (Å²) in [6, 6.07) is 7.05. The Hall–Kier alpha value is -0.580. The van der Waals surface area contributed by atoms with Crippen LogP contribution in [0.15, 0.2) is 22.7 Å². The van der Waals surface area contributed by atoms with E-state index < -0.39 is 0 Å². The van der Waals surface area contributed by atoms with Gasteiger partial charge >= 0.3 is 0 Å². The highest BCUT2D eigenvalue weighted by Crippen LogP contribution is 2.28. The summed E-state index contributed by atoms with van der Waals surface area (Å²) in [4.78, 5) is 4.54. The number of anilines is 1. The van der Waals surface area contributed by atoms with E-state index in [4.69, 9.17) is 0 Å². The number of nitrogens with one attached hydrogen (secondary N) is 1. The largest absolute Gasteiger partial charge is 0.374 e. The van der Waals surface area contributed by atoms with Gasteiger partial charge in [-0.1, -0.05) is 13.0 Å². The molecule has 0 fully saturated rings. The molecule has 0 aliphatic carbocycles. The van der Waals surface area contributed by atoms with Gasteiger partial charge in [-0.2, -0.15) is 0 Å². The van der Waals surface area contributed by atoms with Crippen LogP contribution in [0, 0.1) is 0 Å². The lowest BCUT2D eigenvalue weighted by atomic mass is 10.1. The molecule has 1 aromatic carbocycles. The second-order valence-electron chi connectivity index (χ2n) is 5.57. The fourth-order valence-electron chi connectivity index (χ4n) is 2.27. The molecule has 1 N–H and O–H groups in total. The molecule has 0 aliphatic rings. The van der Waals surface area contributed by atoms with Crippen LogP contribution in [0.4, 0.5) is 5.69 Å². The molecule has 0 spiro atoms.